The Balaban J connectivity index is 2.20. The fourth-order valence-corrected chi connectivity index (χ4v) is 2.53. The molecule has 0 saturated heterocycles. The largest absolute Gasteiger partial charge is 0.373 e. The minimum absolute atomic E-state index is 0.00234. The highest BCUT2D eigenvalue weighted by Gasteiger charge is 2.42. The van der Waals surface area contributed by atoms with Crippen LogP contribution in [0.1, 0.15) is 43.0 Å². The maximum Gasteiger partial charge on any atom is 0.253 e. The normalized spacial score (nSPS) is 16.1. The molecule has 2 N–H and O–H groups in total. The van der Waals surface area contributed by atoms with Crippen LogP contribution in [0.4, 0.5) is 10.1 Å². The molecule has 1 aromatic carbocycles. The first-order valence-corrected chi connectivity index (χ1v) is 6.85. The van der Waals surface area contributed by atoms with Crippen molar-refractivity contribution >= 4 is 17.4 Å². The number of nitrogens with one attached hydrogen (secondary N) is 2. The molecule has 0 spiro atoms. The number of rotatable bonds is 5. The summed E-state index contributed by atoms with van der Waals surface area (Å²) in [5.74, 6) is -0.899. The molecular formula is C15H19FN2O2. The van der Waals surface area contributed by atoms with Crippen molar-refractivity contribution in [1.82, 2.24) is 5.32 Å². The van der Waals surface area contributed by atoms with Gasteiger partial charge in [-0.25, -0.2) is 4.39 Å². The second-order valence-electron chi connectivity index (χ2n) is 5.11. The second-order valence-corrected chi connectivity index (χ2v) is 5.11. The number of benzene rings is 1. The number of ketones is 1. The number of hydrogen-bond acceptors (Lipinski definition) is 3. The molecule has 20 heavy (non-hydrogen) atoms. The summed E-state index contributed by atoms with van der Waals surface area (Å²) in [6, 6.07) is 4.34. The van der Waals surface area contributed by atoms with Gasteiger partial charge in [0.05, 0.1) is 11.1 Å². The summed E-state index contributed by atoms with van der Waals surface area (Å²) >= 11 is 0. The highest BCUT2D eigenvalue weighted by molar-refractivity contribution is 5.95. The van der Waals surface area contributed by atoms with E-state index in [1.807, 2.05) is 6.92 Å². The van der Waals surface area contributed by atoms with Gasteiger partial charge in [0.25, 0.3) is 5.91 Å². The van der Waals surface area contributed by atoms with Gasteiger partial charge in [-0.3, -0.25) is 9.59 Å². The van der Waals surface area contributed by atoms with Gasteiger partial charge in [-0.15, -0.1) is 0 Å². The van der Waals surface area contributed by atoms with Crippen LogP contribution in [-0.2, 0) is 4.79 Å². The molecule has 1 fully saturated rings. The van der Waals surface area contributed by atoms with Crippen LogP contribution in [0.25, 0.3) is 0 Å². The van der Waals surface area contributed by atoms with Crippen LogP contribution in [0.15, 0.2) is 18.2 Å². The van der Waals surface area contributed by atoms with E-state index in [9.17, 15) is 14.0 Å². The quantitative estimate of drug-likeness (QED) is 0.870. The van der Waals surface area contributed by atoms with Crippen molar-refractivity contribution in [2.75, 3.05) is 12.4 Å². The van der Waals surface area contributed by atoms with E-state index in [4.69, 9.17) is 0 Å². The molecule has 4 nitrogen and oxygen atoms in total. The van der Waals surface area contributed by atoms with Crippen molar-refractivity contribution in [3.05, 3.63) is 29.6 Å². The molecule has 2 rings (SSSR count). The van der Waals surface area contributed by atoms with Crippen molar-refractivity contribution in [2.45, 2.75) is 38.1 Å². The Morgan fingerprint density at radius 1 is 1.35 bits per heavy atom. The summed E-state index contributed by atoms with van der Waals surface area (Å²) in [6.07, 6.45) is 3.01. The number of amides is 1. The Hall–Kier alpha value is -1.91. The Morgan fingerprint density at radius 2 is 2.05 bits per heavy atom. The first-order valence-electron chi connectivity index (χ1n) is 6.85. The Kier molecular flexibility index (Phi) is 4.06. The Bertz CT molecular complexity index is 539. The first-order chi connectivity index (χ1) is 9.52. The van der Waals surface area contributed by atoms with Gasteiger partial charge in [-0.05, 0) is 37.5 Å². The Morgan fingerprint density at radius 3 is 2.50 bits per heavy atom. The highest BCUT2D eigenvalue weighted by Crippen LogP contribution is 2.37. The third-order valence-electron chi connectivity index (χ3n) is 3.89. The lowest BCUT2D eigenvalue weighted by Gasteiger charge is -2.41. The third kappa shape index (κ3) is 2.53. The summed E-state index contributed by atoms with van der Waals surface area (Å²) in [4.78, 5) is 23.4. The van der Waals surface area contributed by atoms with E-state index in [2.05, 4.69) is 10.6 Å². The van der Waals surface area contributed by atoms with Gasteiger partial charge in [0.15, 0.2) is 5.78 Å². The topological polar surface area (TPSA) is 58.2 Å². The molecule has 0 unspecified atom stereocenters. The van der Waals surface area contributed by atoms with Gasteiger partial charge in [0, 0.05) is 19.2 Å². The number of carbonyl (C=O) groups is 2. The molecule has 1 amide bonds. The van der Waals surface area contributed by atoms with Gasteiger partial charge in [0.2, 0.25) is 0 Å². The molecule has 1 aliphatic carbocycles. The van der Waals surface area contributed by atoms with Crippen LogP contribution in [0.5, 0.6) is 0 Å². The minimum atomic E-state index is -0.590. The maximum atomic E-state index is 13.9. The zero-order chi connectivity index (χ0) is 14.8. The number of Topliss-reactive ketones (excluding diaryl/α,β-unsaturated/α-hetero) is 1. The first kappa shape index (κ1) is 14.5. The summed E-state index contributed by atoms with van der Waals surface area (Å²) in [5, 5.41) is 5.53. The van der Waals surface area contributed by atoms with Gasteiger partial charge in [-0.1, -0.05) is 6.92 Å². The summed E-state index contributed by atoms with van der Waals surface area (Å²) in [6.45, 7) is 1.83. The van der Waals surface area contributed by atoms with Crippen molar-refractivity contribution in [3.8, 4) is 0 Å². The van der Waals surface area contributed by atoms with Gasteiger partial charge < -0.3 is 10.6 Å². The fraction of sp³-hybridized carbons (Fsp3) is 0.467. The number of carbonyl (C=O) groups excluding carboxylic acids is 2. The molecule has 0 radical (unpaired) electrons. The van der Waals surface area contributed by atoms with E-state index < -0.39 is 17.3 Å². The van der Waals surface area contributed by atoms with E-state index in [0.717, 1.165) is 19.3 Å². The summed E-state index contributed by atoms with van der Waals surface area (Å²) < 4.78 is 13.9. The molecule has 0 bridgehead atoms. The molecule has 108 valence electrons. The van der Waals surface area contributed by atoms with E-state index in [-0.39, 0.29) is 11.3 Å². The van der Waals surface area contributed by atoms with Crippen LogP contribution in [0, 0.1) is 5.82 Å². The smallest absolute Gasteiger partial charge is 0.253 e. The van der Waals surface area contributed by atoms with Gasteiger partial charge in [0.1, 0.15) is 5.82 Å². The molecule has 0 atom stereocenters. The van der Waals surface area contributed by atoms with Crippen molar-refractivity contribution in [3.63, 3.8) is 0 Å². The average molecular weight is 278 g/mol. The van der Waals surface area contributed by atoms with E-state index in [0.29, 0.717) is 12.1 Å². The predicted octanol–water partition coefficient (Wildman–Crippen LogP) is 2.50. The lowest BCUT2D eigenvalue weighted by atomic mass is 9.72. The monoisotopic (exact) mass is 278 g/mol. The van der Waals surface area contributed by atoms with Crippen molar-refractivity contribution in [2.24, 2.45) is 0 Å². The molecule has 0 aromatic heterocycles. The van der Waals surface area contributed by atoms with Crippen molar-refractivity contribution < 1.29 is 14.0 Å². The summed E-state index contributed by atoms with van der Waals surface area (Å²) in [5.41, 5.74) is -0.00500. The van der Waals surface area contributed by atoms with Crippen LogP contribution in [-0.4, -0.2) is 24.3 Å². The molecule has 1 saturated carbocycles. The maximum absolute atomic E-state index is 13.9. The van der Waals surface area contributed by atoms with E-state index in [1.54, 1.807) is 6.07 Å². The van der Waals surface area contributed by atoms with Crippen LogP contribution < -0.4 is 10.6 Å². The van der Waals surface area contributed by atoms with Crippen LogP contribution >= 0.6 is 0 Å². The second kappa shape index (κ2) is 5.61. The SMILES string of the molecule is CCC(=O)C1(Nc2ccc(C(=O)NC)c(F)c2)CCC1. The molecule has 1 aromatic rings. The highest BCUT2D eigenvalue weighted by atomic mass is 19.1. The van der Waals surface area contributed by atoms with Gasteiger partial charge in [-0.2, -0.15) is 0 Å². The van der Waals surface area contributed by atoms with E-state index >= 15 is 0 Å². The van der Waals surface area contributed by atoms with Crippen molar-refractivity contribution in [1.29, 1.82) is 0 Å². The standard InChI is InChI=1S/C15H19FN2O2/c1-3-13(19)15(7-4-8-15)18-10-5-6-11(12(16)9-10)14(20)17-2/h5-6,9,18H,3-4,7-8H2,1-2H3,(H,17,20). The van der Waals surface area contributed by atoms with Gasteiger partial charge >= 0.3 is 0 Å². The lowest BCUT2D eigenvalue weighted by molar-refractivity contribution is -0.125. The lowest BCUT2D eigenvalue weighted by Crippen LogP contribution is -2.51. The Labute approximate surface area is 117 Å². The molecule has 0 aliphatic heterocycles. The predicted molar refractivity (Wildman–Crippen MR) is 75.3 cm³/mol. The molecule has 0 heterocycles. The van der Waals surface area contributed by atoms with Crippen LogP contribution in [0.3, 0.4) is 0 Å². The number of hydrogen-bond donors (Lipinski definition) is 2. The minimum Gasteiger partial charge on any atom is -0.373 e. The third-order valence-corrected chi connectivity index (χ3v) is 3.89. The average Bonchev–Trinajstić information content (AvgIpc) is 2.41. The zero-order valence-corrected chi connectivity index (χ0v) is 11.8. The molecule has 5 heteroatoms. The number of halogens is 1. The zero-order valence-electron chi connectivity index (χ0n) is 11.8. The molecular weight excluding hydrogens is 259 g/mol. The fourth-order valence-electron chi connectivity index (χ4n) is 2.53. The summed E-state index contributed by atoms with van der Waals surface area (Å²) in [7, 11) is 1.46. The molecule has 1 aliphatic rings. The van der Waals surface area contributed by atoms with E-state index in [1.165, 1.54) is 19.2 Å². The van der Waals surface area contributed by atoms with Crippen LogP contribution in [0.2, 0.25) is 0 Å². The number of anilines is 1.